The highest BCUT2D eigenvalue weighted by Crippen LogP contribution is 2.68. The van der Waals surface area contributed by atoms with E-state index in [4.69, 9.17) is 4.74 Å². The van der Waals surface area contributed by atoms with Crippen molar-refractivity contribution in [1.82, 2.24) is 0 Å². The summed E-state index contributed by atoms with van der Waals surface area (Å²) in [6.45, 7) is 11.6. The standard InChI is InChI=1S/C15H27NOS/c1-10(2)9-16-18-12-11-7-8-15(5,13(12)17-6)14(11,3)4/h9-13H,7-8H2,1-6H3/b16-9+. The molecule has 2 fully saturated rings. The number of hydrogen-bond donors (Lipinski definition) is 0. The van der Waals surface area contributed by atoms with E-state index in [1.54, 1.807) is 11.9 Å². The Balaban J connectivity index is 2.17. The molecule has 0 amide bonds. The molecule has 2 bridgehead atoms. The van der Waals surface area contributed by atoms with E-state index in [1.165, 1.54) is 12.8 Å². The predicted octanol–water partition coefficient (Wildman–Crippen LogP) is 4.20. The molecule has 2 aliphatic rings. The first kappa shape index (κ1) is 14.4. The quantitative estimate of drug-likeness (QED) is 0.563. The van der Waals surface area contributed by atoms with Crippen LogP contribution in [-0.4, -0.2) is 24.7 Å². The van der Waals surface area contributed by atoms with Gasteiger partial charge in [0, 0.05) is 18.7 Å². The highest BCUT2D eigenvalue weighted by atomic mass is 32.2. The van der Waals surface area contributed by atoms with Gasteiger partial charge in [-0.3, -0.25) is 0 Å². The van der Waals surface area contributed by atoms with E-state index in [0.717, 1.165) is 5.92 Å². The zero-order chi connectivity index (χ0) is 13.6. The molecule has 2 saturated carbocycles. The van der Waals surface area contributed by atoms with Gasteiger partial charge in [-0.2, -0.15) is 0 Å². The van der Waals surface area contributed by atoms with E-state index in [2.05, 4.69) is 45.2 Å². The fraction of sp³-hybridized carbons (Fsp3) is 0.933. The van der Waals surface area contributed by atoms with Crippen molar-refractivity contribution < 1.29 is 4.74 Å². The SMILES string of the molecule is COC1C(S/N=C/C(C)C)C2CCC1(C)C2(C)C. The van der Waals surface area contributed by atoms with Gasteiger partial charge in [0.15, 0.2) is 0 Å². The molecule has 0 aromatic carbocycles. The number of nitrogens with zero attached hydrogens (tertiary/aromatic N) is 1. The van der Waals surface area contributed by atoms with Crippen LogP contribution in [-0.2, 0) is 4.74 Å². The average Bonchev–Trinajstić information content (AvgIpc) is 2.58. The van der Waals surface area contributed by atoms with Gasteiger partial charge in [0.25, 0.3) is 0 Å². The molecule has 4 unspecified atom stereocenters. The third-order valence-electron chi connectivity index (χ3n) is 5.49. The van der Waals surface area contributed by atoms with Crippen LogP contribution in [0.25, 0.3) is 0 Å². The van der Waals surface area contributed by atoms with Gasteiger partial charge in [0.05, 0.1) is 11.4 Å². The summed E-state index contributed by atoms with van der Waals surface area (Å²) in [4.78, 5) is 0. The van der Waals surface area contributed by atoms with E-state index in [-0.39, 0.29) is 0 Å². The first-order valence-corrected chi connectivity index (χ1v) is 7.90. The summed E-state index contributed by atoms with van der Waals surface area (Å²) in [5, 5.41) is 0.527. The smallest absolute Gasteiger partial charge is 0.0769 e. The minimum Gasteiger partial charge on any atom is -0.380 e. The fourth-order valence-corrected chi connectivity index (χ4v) is 5.57. The van der Waals surface area contributed by atoms with Crippen molar-refractivity contribution in [2.75, 3.05) is 7.11 Å². The molecule has 104 valence electrons. The Morgan fingerprint density at radius 2 is 2.00 bits per heavy atom. The van der Waals surface area contributed by atoms with Crippen molar-refractivity contribution in [1.29, 1.82) is 0 Å². The maximum atomic E-state index is 5.86. The maximum absolute atomic E-state index is 5.86. The molecule has 2 aliphatic carbocycles. The van der Waals surface area contributed by atoms with Crippen LogP contribution in [0.3, 0.4) is 0 Å². The Hall–Kier alpha value is -0.0200. The van der Waals surface area contributed by atoms with E-state index in [0.29, 0.717) is 28.1 Å². The molecule has 0 aromatic rings. The van der Waals surface area contributed by atoms with E-state index >= 15 is 0 Å². The molecule has 0 aromatic heterocycles. The molecule has 4 atom stereocenters. The van der Waals surface area contributed by atoms with Gasteiger partial charge in [-0.25, -0.2) is 4.40 Å². The van der Waals surface area contributed by atoms with Crippen LogP contribution in [0.15, 0.2) is 4.40 Å². The van der Waals surface area contributed by atoms with Crippen molar-refractivity contribution in [3.8, 4) is 0 Å². The van der Waals surface area contributed by atoms with Crippen LogP contribution in [0.5, 0.6) is 0 Å². The lowest BCUT2D eigenvalue weighted by atomic mass is 9.70. The Kier molecular flexibility index (Phi) is 3.86. The van der Waals surface area contributed by atoms with Gasteiger partial charge in [0.2, 0.25) is 0 Å². The van der Waals surface area contributed by atoms with Gasteiger partial charge in [0.1, 0.15) is 0 Å². The first-order valence-electron chi connectivity index (χ1n) is 7.06. The zero-order valence-electron chi connectivity index (χ0n) is 12.6. The van der Waals surface area contributed by atoms with Gasteiger partial charge in [-0.05, 0) is 42.0 Å². The van der Waals surface area contributed by atoms with Crippen LogP contribution in [0, 0.1) is 22.7 Å². The van der Waals surface area contributed by atoms with E-state index < -0.39 is 0 Å². The lowest BCUT2D eigenvalue weighted by Gasteiger charge is -2.38. The van der Waals surface area contributed by atoms with Crippen molar-refractivity contribution in [3.05, 3.63) is 0 Å². The third kappa shape index (κ3) is 1.94. The molecular weight excluding hydrogens is 242 g/mol. The Morgan fingerprint density at radius 1 is 1.33 bits per heavy atom. The van der Waals surface area contributed by atoms with Gasteiger partial charge >= 0.3 is 0 Å². The third-order valence-corrected chi connectivity index (χ3v) is 6.55. The number of rotatable bonds is 4. The second-order valence-electron chi connectivity index (χ2n) is 7.01. The van der Waals surface area contributed by atoms with Crippen LogP contribution in [0.1, 0.15) is 47.5 Å². The highest BCUT2D eigenvalue weighted by Gasteiger charge is 2.66. The van der Waals surface area contributed by atoms with Crippen molar-refractivity contribution in [3.63, 3.8) is 0 Å². The molecule has 0 heterocycles. The predicted molar refractivity (Wildman–Crippen MR) is 80.1 cm³/mol. The summed E-state index contributed by atoms with van der Waals surface area (Å²) in [5.41, 5.74) is 0.691. The average molecular weight is 269 g/mol. The summed E-state index contributed by atoms with van der Waals surface area (Å²) in [7, 11) is 1.87. The molecule has 0 radical (unpaired) electrons. The minimum absolute atomic E-state index is 0.317. The summed E-state index contributed by atoms with van der Waals surface area (Å²) in [6, 6.07) is 0. The van der Waals surface area contributed by atoms with E-state index in [1.807, 2.05) is 7.11 Å². The van der Waals surface area contributed by atoms with Crippen molar-refractivity contribution in [2.45, 2.75) is 58.8 Å². The van der Waals surface area contributed by atoms with Gasteiger partial charge < -0.3 is 4.74 Å². The molecule has 2 rings (SSSR count). The molecule has 0 saturated heterocycles. The largest absolute Gasteiger partial charge is 0.380 e. The Labute approximate surface area is 116 Å². The van der Waals surface area contributed by atoms with Crippen LogP contribution >= 0.6 is 11.9 Å². The topological polar surface area (TPSA) is 21.6 Å². The molecule has 0 N–H and O–H groups in total. The Morgan fingerprint density at radius 3 is 2.56 bits per heavy atom. The minimum atomic E-state index is 0.317. The highest BCUT2D eigenvalue weighted by molar-refractivity contribution is 7.98. The number of ether oxygens (including phenoxy) is 1. The lowest BCUT2D eigenvalue weighted by molar-refractivity contribution is -0.0176. The molecule has 0 spiro atoms. The molecule has 0 aliphatic heterocycles. The van der Waals surface area contributed by atoms with E-state index in [9.17, 15) is 0 Å². The van der Waals surface area contributed by atoms with Crippen LogP contribution in [0.2, 0.25) is 0 Å². The second-order valence-corrected chi connectivity index (χ2v) is 7.98. The molecule has 2 nitrogen and oxygen atoms in total. The molecule has 18 heavy (non-hydrogen) atoms. The first-order chi connectivity index (χ1) is 8.34. The summed E-state index contributed by atoms with van der Waals surface area (Å²) >= 11 is 1.75. The summed E-state index contributed by atoms with van der Waals surface area (Å²) in [5.74, 6) is 1.27. The maximum Gasteiger partial charge on any atom is 0.0769 e. The van der Waals surface area contributed by atoms with Crippen LogP contribution in [0.4, 0.5) is 0 Å². The lowest BCUT2D eigenvalue weighted by Crippen LogP contribution is -2.39. The summed E-state index contributed by atoms with van der Waals surface area (Å²) in [6.07, 6.45) is 5.03. The second kappa shape index (κ2) is 4.82. The van der Waals surface area contributed by atoms with Gasteiger partial charge in [-0.15, -0.1) is 0 Å². The Bertz CT molecular complexity index is 339. The molecular formula is C15H27NOS. The number of methoxy groups -OCH3 is 1. The summed E-state index contributed by atoms with van der Waals surface area (Å²) < 4.78 is 10.4. The normalized spacial score (nSPS) is 42.3. The van der Waals surface area contributed by atoms with Crippen LogP contribution < -0.4 is 0 Å². The van der Waals surface area contributed by atoms with Crippen molar-refractivity contribution in [2.24, 2.45) is 27.1 Å². The zero-order valence-corrected chi connectivity index (χ0v) is 13.4. The number of hydrogen-bond acceptors (Lipinski definition) is 3. The van der Waals surface area contributed by atoms with Crippen molar-refractivity contribution >= 4 is 18.2 Å². The van der Waals surface area contributed by atoms with Gasteiger partial charge in [-0.1, -0.05) is 34.6 Å². The fourth-order valence-electron chi connectivity index (χ4n) is 3.97. The number of fused-ring (bicyclic) bond motifs is 2. The monoisotopic (exact) mass is 269 g/mol. The molecule has 3 heteroatoms.